The lowest BCUT2D eigenvalue weighted by Gasteiger charge is -2.34. The van der Waals surface area contributed by atoms with Crippen molar-refractivity contribution < 1.29 is 24.9 Å². The Kier molecular flexibility index (Phi) is 5.59. The van der Waals surface area contributed by atoms with E-state index in [4.69, 9.17) is 9.84 Å². The SMILES string of the molecule is CC(/C=C/C1=CC2=CC(=O)C(C)(O)C(O)C2=CO1)=C\C(C)CCO. The maximum Gasteiger partial charge on any atom is 0.190 e. The Morgan fingerprint density at radius 3 is 2.83 bits per heavy atom. The number of carbonyl (C=O) groups excluding carboxylic acids is 1. The molecule has 2 rings (SSSR count). The van der Waals surface area contributed by atoms with Crippen LogP contribution in [0.5, 0.6) is 0 Å². The van der Waals surface area contributed by atoms with Crippen LogP contribution < -0.4 is 0 Å². The number of allylic oxidation sites excluding steroid dienone is 5. The average molecular weight is 332 g/mol. The van der Waals surface area contributed by atoms with Crippen molar-refractivity contribution >= 4 is 5.78 Å². The van der Waals surface area contributed by atoms with Gasteiger partial charge >= 0.3 is 0 Å². The summed E-state index contributed by atoms with van der Waals surface area (Å²) in [5, 5.41) is 29.1. The van der Waals surface area contributed by atoms with Crippen LogP contribution in [0.2, 0.25) is 0 Å². The van der Waals surface area contributed by atoms with E-state index in [1.807, 2.05) is 19.9 Å². The predicted octanol–water partition coefficient (Wildman–Crippen LogP) is 1.93. The van der Waals surface area contributed by atoms with E-state index in [1.54, 1.807) is 12.2 Å². The van der Waals surface area contributed by atoms with Crippen molar-refractivity contribution in [2.24, 2.45) is 5.92 Å². The Morgan fingerprint density at radius 2 is 2.17 bits per heavy atom. The van der Waals surface area contributed by atoms with Gasteiger partial charge in [0.1, 0.15) is 11.9 Å². The van der Waals surface area contributed by atoms with Gasteiger partial charge in [0.15, 0.2) is 11.4 Å². The second kappa shape index (κ2) is 7.30. The summed E-state index contributed by atoms with van der Waals surface area (Å²) in [6.07, 6.45) is 9.46. The van der Waals surface area contributed by atoms with Crippen molar-refractivity contribution in [1.82, 2.24) is 0 Å². The summed E-state index contributed by atoms with van der Waals surface area (Å²) in [4.78, 5) is 11.9. The molecule has 3 atom stereocenters. The van der Waals surface area contributed by atoms with Gasteiger partial charge in [-0.2, -0.15) is 0 Å². The summed E-state index contributed by atoms with van der Waals surface area (Å²) < 4.78 is 5.47. The molecule has 0 fully saturated rings. The number of fused-ring (bicyclic) bond motifs is 1. The Bertz CT molecular complexity index is 661. The van der Waals surface area contributed by atoms with Crippen molar-refractivity contribution in [2.45, 2.75) is 38.9 Å². The van der Waals surface area contributed by atoms with Crippen molar-refractivity contribution in [1.29, 1.82) is 0 Å². The minimum atomic E-state index is -1.83. The molecule has 2 aliphatic rings. The Hall–Kier alpha value is -1.95. The summed E-state index contributed by atoms with van der Waals surface area (Å²) in [5.41, 5.74) is 0.134. The van der Waals surface area contributed by atoms with Crippen LogP contribution in [0.4, 0.5) is 0 Å². The Morgan fingerprint density at radius 1 is 1.46 bits per heavy atom. The first-order valence-electron chi connectivity index (χ1n) is 7.98. The van der Waals surface area contributed by atoms with Crippen molar-refractivity contribution in [3.05, 3.63) is 59.1 Å². The van der Waals surface area contributed by atoms with E-state index in [2.05, 4.69) is 6.08 Å². The first-order chi connectivity index (χ1) is 11.3. The Balaban J connectivity index is 2.15. The zero-order chi connectivity index (χ0) is 17.9. The molecular weight excluding hydrogens is 308 g/mol. The minimum absolute atomic E-state index is 0.158. The molecule has 5 heteroatoms. The standard InChI is InChI=1S/C19H24O5/c1-12(8-13(2)6-7-20)4-5-15-9-14-10-17(21)19(3,23)18(22)16(14)11-24-15/h4-5,8-11,13,18,20,22-23H,6-7H2,1-3H3/b5-4+,12-8+. The third-order valence-corrected chi connectivity index (χ3v) is 4.21. The third-order valence-electron chi connectivity index (χ3n) is 4.21. The summed E-state index contributed by atoms with van der Waals surface area (Å²) in [6.45, 7) is 5.43. The van der Waals surface area contributed by atoms with Gasteiger partial charge in [-0.25, -0.2) is 0 Å². The predicted molar refractivity (Wildman–Crippen MR) is 90.7 cm³/mol. The summed E-state index contributed by atoms with van der Waals surface area (Å²) in [5.74, 6) is 0.287. The zero-order valence-electron chi connectivity index (χ0n) is 14.2. The number of ketones is 1. The maximum atomic E-state index is 11.9. The van der Waals surface area contributed by atoms with Crippen LogP contribution in [0.15, 0.2) is 59.1 Å². The highest BCUT2D eigenvalue weighted by molar-refractivity contribution is 6.01. The number of aliphatic hydroxyl groups is 3. The van der Waals surface area contributed by atoms with E-state index < -0.39 is 17.5 Å². The summed E-state index contributed by atoms with van der Waals surface area (Å²) >= 11 is 0. The fourth-order valence-corrected chi connectivity index (χ4v) is 2.63. The molecule has 130 valence electrons. The van der Waals surface area contributed by atoms with Gasteiger partial charge in [0.05, 0.1) is 6.26 Å². The van der Waals surface area contributed by atoms with Crippen LogP contribution in [0.25, 0.3) is 0 Å². The molecule has 1 aliphatic carbocycles. The normalized spacial score (nSPS) is 28.8. The lowest BCUT2D eigenvalue weighted by atomic mass is 9.79. The van der Waals surface area contributed by atoms with Gasteiger partial charge in [-0.15, -0.1) is 0 Å². The van der Waals surface area contributed by atoms with Gasteiger partial charge in [-0.05, 0) is 50.0 Å². The molecule has 24 heavy (non-hydrogen) atoms. The largest absolute Gasteiger partial charge is 0.465 e. The highest BCUT2D eigenvalue weighted by atomic mass is 16.5. The number of rotatable bonds is 5. The molecule has 0 aromatic heterocycles. The molecule has 0 spiro atoms. The molecular formula is C19H24O5. The van der Waals surface area contributed by atoms with Gasteiger partial charge in [-0.1, -0.05) is 24.6 Å². The second-order valence-electron chi connectivity index (χ2n) is 6.49. The van der Waals surface area contributed by atoms with E-state index in [9.17, 15) is 15.0 Å². The molecule has 0 aromatic carbocycles. The zero-order valence-corrected chi connectivity index (χ0v) is 14.2. The quantitative estimate of drug-likeness (QED) is 0.670. The lowest BCUT2D eigenvalue weighted by Crippen LogP contribution is -2.50. The molecule has 1 heterocycles. The van der Waals surface area contributed by atoms with E-state index in [0.29, 0.717) is 23.3 Å². The van der Waals surface area contributed by atoms with E-state index in [0.717, 1.165) is 5.57 Å². The maximum absolute atomic E-state index is 11.9. The van der Waals surface area contributed by atoms with Crippen LogP contribution in [-0.2, 0) is 9.53 Å². The van der Waals surface area contributed by atoms with Gasteiger partial charge in [-0.3, -0.25) is 4.79 Å². The number of hydrogen-bond acceptors (Lipinski definition) is 5. The highest BCUT2D eigenvalue weighted by Crippen LogP contribution is 2.34. The molecule has 0 saturated heterocycles. The number of carbonyl (C=O) groups is 1. The van der Waals surface area contributed by atoms with Crippen LogP contribution >= 0.6 is 0 Å². The third kappa shape index (κ3) is 3.93. The summed E-state index contributed by atoms with van der Waals surface area (Å²) in [6, 6.07) is 0. The minimum Gasteiger partial charge on any atom is -0.465 e. The number of ether oxygens (including phenoxy) is 1. The molecule has 0 saturated carbocycles. The highest BCUT2D eigenvalue weighted by Gasteiger charge is 2.44. The second-order valence-corrected chi connectivity index (χ2v) is 6.49. The van der Waals surface area contributed by atoms with E-state index in [1.165, 1.54) is 19.3 Å². The molecule has 0 aromatic rings. The molecule has 5 nitrogen and oxygen atoms in total. The molecule has 1 aliphatic heterocycles. The van der Waals surface area contributed by atoms with Gasteiger partial charge in [0.2, 0.25) is 0 Å². The first-order valence-corrected chi connectivity index (χ1v) is 7.98. The Labute approximate surface area is 142 Å². The van der Waals surface area contributed by atoms with Gasteiger partial charge < -0.3 is 20.1 Å². The molecule has 0 radical (unpaired) electrons. The van der Waals surface area contributed by atoms with Crippen LogP contribution in [0.1, 0.15) is 27.2 Å². The first kappa shape index (κ1) is 18.4. The van der Waals surface area contributed by atoms with Crippen molar-refractivity contribution in [3.8, 4) is 0 Å². The lowest BCUT2D eigenvalue weighted by molar-refractivity contribution is -0.140. The van der Waals surface area contributed by atoms with Crippen LogP contribution in [0, 0.1) is 5.92 Å². The fraction of sp³-hybridized carbons (Fsp3) is 0.421. The molecule has 0 bridgehead atoms. The fourth-order valence-electron chi connectivity index (χ4n) is 2.63. The average Bonchev–Trinajstić information content (AvgIpc) is 2.51. The smallest absolute Gasteiger partial charge is 0.190 e. The number of aliphatic hydroxyl groups excluding tert-OH is 2. The van der Waals surface area contributed by atoms with Crippen molar-refractivity contribution in [2.75, 3.05) is 6.61 Å². The topological polar surface area (TPSA) is 87.0 Å². The van der Waals surface area contributed by atoms with E-state index >= 15 is 0 Å². The summed E-state index contributed by atoms with van der Waals surface area (Å²) in [7, 11) is 0. The molecule has 3 N–H and O–H groups in total. The van der Waals surface area contributed by atoms with Gasteiger partial charge in [0.25, 0.3) is 0 Å². The van der Waals surface area contributed by atoms with Gasteiger partial charge in [0, 0.05) is 12.2 Å². The van der Waals surface area contributed by atoms with Crippen LogP contribution in [-0.4, -0.2) is 39.4 Å². The van der Waals surface area contributed by atoms with E-state index in [-0.39, 0.29) is 12.5 Å². The number of hydrogen-bond donors (Lipinski definition) is 3. The molecule has 0 amide bonds. The van der Waals surface area contributed by atoms with Crippen LogP contribution in [0.3, 0.4) is 0 Å². The van der Waals surface area contributed by atoms with Crippen molar-refractivity contribution in [3.63, 3.8) is 0 Å². The molecule has 3 unspecified atom stereocenters. The monoisotopic (exact) mass is 332 g/mol.